The topological polar surface area (TPSA) is 61.0 Å². The van der Waals surface area contributed by atoms with Gasteiger partial charge in [0.05, 0.1) is 0 Å². The number of rotatable bonds is 1. The van der Waals surface area contributed by atoms with E-state index >= 15 is 0 Å². The quantitative estimate of drug-likeness (QED) is 0.717. The maximum Gasteiger partial charge on any atom is 0.203 e. The van der Waals surface area contributed by atoms with Crippen molar-refractivity contribution >= 4 is 16.5 Å². The summed E-state index contributed by atoms with van der Waals surface area (Å²) in [5.74, 6) is 0. The molecule has 0 spiro atoms. The van der Waals surface area contributed by atoms with Crippen molar-refractivity contribution in [3.63, 3.8) is 0 Å². The van der Waals surface area contributed by atoms with Crippen molar-refractivity contribution in [3.05, 3.63) is 5.01 Å². The summed E-state index contributed by atoms with van der Waals surface area (Å²) < 4.78 is 5.53. The van der Waals surface area contributed by atoms with E-state index in [-0.39, 0.29) is 6.10 Å². The van der Waals surface area contributed by atoms with Crippen LogP contribution in [0.15, 0.2) is 0 Å². The number of nitrogen functional groups attached to an aromatic ring is 1. The average molecular weight is 185 g/mol. The maximum absolute atomic E-state index is 5.53. The van der Waals surface area contributed by atoms with E-state index in [1.165, 1.54) is 17.8 Å². The predicted octanol–water partition coefficient (Wildman–Crippen LogP) is 1.36. The standard InChI is InChI=1S/C7H11N3OS/c8-7-10-9-6(12-7)5-3-1-2-4-11-5/h5H,1-4H2,(H2,8,10). The molecule has 0 saturated carbocycles. The molecule has 2 heterocycles. The Labute approximate surface area is 74.8 Å². The lowest BCUT2D eigenvalue weighted by atomic mass is 10.1. The first-order valence-electron chi connectivity index (χ1n) is 4.07. The van der Waals surface area contributed by atoms with Crippen molar-refractivity contribution in [3.8, 4) is 0 Å². The van der Waals surface area contributed by atoms with Crippen LogP contribution in [0.2, 0.25) is 0 Å². The lowest BCUT2D eigenvalue weighted by Crippen LogP contribution is -2.11. The number of aromatic nitrogens is 2. The molecule has 1 aliphatic rings. The van der Waals surface area contributed by atoms with Crippen LogP contribution in [-0.4, -0.2) is 16.8 Å². The van der Waals surface area contributed by atoms with Crippen molar-refractivity contribution in [2.24, 2.45) is 0 Å². The fourth-order valence-electron chi connectivity index (χ4n) is 1.31. The second kappa shape index (κ2) is 3.37. The van der Waals surface area contributed by atoms with Crippen LogP contribution in [-0.2, 0) is 4.74 Å². The van der Waals surface area contributed by atoms with E-state index in [4.69, 9.17) is 10.5 Å². The molecule has 4 nitrogen and oxygen atoms in total. The molecule has 1 unspecified atom stereocenters. The Morgan fingerprint density at radius 1 is 1.42 bits per heavy atom. The molecule has 2 rings (SSSR count). The van der Waals surface area contributed by atoms with E-state index < -0.39 is 0 Å². The Hall–Kier alpha value is -0.680. The fourth-order valence-corrected chi connectivity index (χ4v) is 2.01. The third-order valence-corrected chi connectivity index (χ3v) is 2.76. The molecule has 0 aromatic carbocycles. The number of nitrogens with two attached hydrogens (primary N) is 1. The van der Waals surface area contributed by atoms with Crippen molar-refractivity contribution in [1.29, 1.82) is 0 Å². The number of hydrogen-bond acceptors (Lipinski definition) is 5. The summed E-state index contributed by atoms with van der Waals surface area (Å²) >= 11 is 1.42. The van der Waals surface area contributed by atoms with Gasteiger partial charge in [-0.15, -0.1) is 10.2 Å². The highest BCUT2D eigenvalue weighted by Gasteiger charge is 2.19. The SMILES string of the molecule is Nc1nnc(C2CCCCO2)s1. The van der Waals surface area contributed by atoms with Crippen LogP contribution < -0.4 is 5.73 Å². The first-order chi connectivity index (χ1) is 5.86. The van der Waals surface area contributed by atoms with Gasteiger partial charge in [0.15, 0.2) is 0 Å². The minimum atomic E-state index is 0.147. The molecule has 1 saturated heterocycles. The largest absolute Gasteiger partial charge is 0.374 e. The number of nitrogens with zero attached hydrogens (tertiary/aromatic N) is 2. The summed E-state index contributed by atoms with van der Waals surface area (Å²) in [7, 11) is 0. The van der Waals surface area contributed by atoms with E-state index in [0.717, 1.165) is 24.5 Å². The third-order valence-electron chi connectivity index (χ3n) is 1.91. The van der Waals surface area contributed by atoms with E-state index in [1.54, 1.807) is 0 Å². The van der Waals surface area contributed by atoms with Crippen molar-refractivity contribution < 1.29 is 4.74 Å². The van der Waals surface area contributed by atoms with Crippen LogP contribution >= 0.6 is 11.3 Å². The molecule has 0 bridgehead atoms. The Morgan fingerprint density at radius 3 is 2.92 bits per heavy atom. The van der Waals surface area contributed by atoms with Gasteiger partial charge in [-0.3, -0.25) is 0 Å². The van der Waals surface area contributed by atoms with Crippen LogP contribution in [0.5, 0.6) is 0 Å². The molecule has 66 valence electrons. The highest BCUT2D eigenvalue weighted by molar-refractivity contribution is 7.15. The molecule has 1 aromatic heterocycles. The average Bonchev–Trinajstić information content (AvgIpc) is 2.54. The van der Waals surface area contributed by atoms with Crippen LogP contribution in [0.25, 0.3) is 0 Å². The summed E-state index contributed by atoms with van der Waals surface area (Å²) in [5.41, 5.74) is 5.47. The third kappa shape index (κ3) is 1.56. The van der Waals surface area contributed by atoms with Gasteiger partial charge >= 0.3 is 0 Å². The van der Waals surface area contributed by atoms with Crippen molar-refractivity contribution in [1.82, 2.24) is 10.2 Å². The van der Waals surface area contributed by atoms with Crippen LogP contribution in [0.1, 0.15) is 30.4 Å². The lowest BCUT2D eigenvalue weighted by molar-refractivity contribution is 0.0144. The van der Waals surface area contributed by atoms with E-state index in [9.17, 15) is 0 Å². The number of ether oxygens (including phenoxy) is 1. The highest BCUT2D eigenvalue weighted by atomic mass is 32.1. The molecular formula is C7H11N3OS. The molecule has 1 atom stereocenters. The summed E-state index contributed by atoms with van der Waals surface area (Å²) in [5, 5.41) is 9.17. The van der Waals surface area contributed by atoms with Crippen molar-refractivity contribution in [2.75, 3.05) is 12.3 Å². The van der Waals surface area contributed by atoms with E-state index in [1.807, 2.05) is 0 Å². The van der Waals surface area contributed by atoms with E-state index in [0.29, 0.717) is 5.13 Å². The molecule has 12 heavy (non-hydrogen) atoms. The summed E-state index contributed by atoms with van der Waals surface area (Å²) in [6, 6.07) is 0. The molecule has 1 aromatic rings. The first-order valence-corrected chi connectivity index (χ1v) is 4.88. The van der Waals surface area contributed by atoms with Gasteiger partial charge in [-0.05, 0) is 19.3 Å². The van der Waals surface area contributed by atoms with E-state index in [2.05, 4.69) is 10.2 Å². The van der Waals surface area contributed by atoms with Crippen LogP contribution in [0.3, 0.4) is 0 Å². The zero-order valence-corrected chi connectivity index (χ0v) is 7.51. The van der Waals surface area contributed by atoms with Gasteiger partial charge in [0, 0.05) is 6.61 Å². The second-order valence-corrected chi connectivity index (χ2v) is 3.87. The molecule has 1 fully saturated rings. The van der Waals surface area contributed by atoms with Gasteiger partial charge in [0.25, 0.3) is 0 Å². The Balaban J connectivity index is 2.08. The van der Waals surface area contributed by atoms with Gasteiger partial charge in [0.2, 0.25) is 5.13 Å². The second-order valence-electron chi connectivity index (χ2n) is 2.83. The minimum absolute atomic E-state index is 0.147. The molecule has 0 amide bonds. The molecule has 2 N–H and O–H groups in total. The molecule has 1 aliphatic heterocycles. The van der Waals surface area contributed by atoms with Gasteiger partial charge in [0.1, 0.15) is 11.1 Å². The smallest absolute Gasteiger partial charge is 0.203 e. The Bertz CT molecular complexity index is 257. The zero-order chi connectivity index (χ0) is 8.39. The molecule has 5 heteroatoms. The normalized spacial score (nSPS) is 24.2. The van der Waals surface area contributed by atoms with Crippen molar-refractivity contribution in [2.45, 2.75) is 25.4 Å². The zero-order valence-electron chi connectivity index (χ0n) is 6.69. The molecular weight excluding hydrogens is 174 g/mol. The predicted molar refractivity (Wildman–Crippen MR) is 46.9 cm³/mol. The van der Waals surface area contributed by atoms with Gasteiger partial charge < -0.3 is 10.5 Å². The summed E-state index contributed by atoms with van der Waals surface area (Å²) in [4.78, 5) is 0. The van der Waals surface area contributed by atoms with Crippen LogP contribution in [0, 0.1) is 0 Å². The minimum Gasteiger partial charge on any atom is -0.374 e. The number of hydrogen-bond donors (Lipinski definition) is 1. The Kier molecular flexibility index (Phi) is 2.23. The first kappa shape index (κ1) is 7.94. The number of anilines is 1. The monoisotopic (exact) mass is 185 g/mol. The maximum atomic E-state index is 5.53. The van der Waals surface area contributed by atoms with Gasteiger partial charge in [-0.2, -0.15) is 0 Å². The molecule has 0 aliphatic carbocycles. The van der Waals surface area contributed by atoms with Gasteiger partial charge in [-0.25, -0.2) is 0 Å². The van der Waals surface area contributed by atoms with Crippen LogP contribution in [0.4, 0.5) is 5.13 Å². The molecule has 0 radical (unpaired) electrons. The van der Waals surface area contributed by atoms with Gasteiger partial charge in [-0.1, -0.05) is 11.3 Å². The highest BCUT2D eigenvalue weighted by Crippen LogP contribution is 2.30. The summed E-state index contributed by atoms with van der Waals surface area (Å²) in [6.45, 7) is 0.837. The Morgan fingerprint density at radius 2 is 2.33 bits per heavy atom. The summed E-state index contributed by atoms with van der Waals surface area (Å²) in [6.07, 6.45) is 3.57. The lowest BCUT2D eigenvalue weighted by Gasteiger charge is -2.19. The fraction of sp³-hybridized carbons (Fsp3) is 0.714.